The van der Waals surface area contributed by atoms with Gasteiger partial charge in [0.15, 0.2) is 10.5 Å². The van der Waals surface area contributed by atoms with E-state index in [2.05, 4.69) is 44.6 Å². The van der Waals surface area contributed by atoms with E-state index in [0.29, 0.717) is 16.0 Å². The molecule has 3 fully saturated rings. The van der Waals surface area contributed by atoms with Gasteiger partial charge in [0.2, 0.25) is 10.2 Å². The van der Waals surface area contributed by atoms with Crippen LogP contribution in [-0.2, 0) is 14.4 Å². The number of nitrogens with one attached hydrogen (secondary N) is 1. The Morgan fingerprint density at radius 3 is 2.44 bits per heavy atom. The molecule has 1 saturated carbocycles. The first-order valence-electron chi connectivity index (χ1n) is 13.7. The van der Waals surface area contributed by atoms with Crippen LogP contribution in [0.3, 0.4) is 0 Å². The molecule has 4 aromatic rings. The predicted molar refractivity (Wildman–Crippen MR) is 152 cm³/mol. The van der Waals surface area contributed by atoms with Crippen LogP contribution in [0.2, 0.25) is 0 Å². The third-order valence-corrected chi connectivity index (χ3v) is 9.83. The SMILES string of the molecule is C[S+](=O)(O)c1cccc(-c2cnn3cc(-c4ccc(OC5(CN6CCC7(CC6)CNC7)CC5)cc4)cnc23)c1. The first-order valence-corrected chi connectivity index (χ1v) is 15.6. The van der Waals surface area contributed by atoms with Gasteiger partial charge in [-0.1, -0.05) is 28.5 Å². The van der Waals surface area contributed by atoms with E-state index in [1.807, 2.05) is 18.5 Å². The summed E-state index contributed by atoms with van der Waals surface area (Å²) in [6.45, 7) is 5.78. The van der Waals surface area contributed by atoms with Gasteiger partial charge in [0.05, 0.1) is 6.20 Å². The summed E-state index contributed by atoms with van der Waals surface area (Å²) in [4.78, 5) is 7.68. The molecule has 9 heteroatoms. The number of fused-ring (bicyclic) bond motifs is 1. The normalized spacial score (nSPS) is 21.4. The van der Waals surface area contributed by atoms with Crippen LogP contribution in [0.5, 0.6) is 5.75 Å². The average Bonchev–Trinajstić information content (AvgIpc) is 3.53. The molecule has 39 heavy (non-hydrogen) atoms. The lowest BCUT2D eigenvalue weighted by molar-refractivity contribution is 0.0295. The van der Waals surface area contributed by atoms with Crippen molar-refractivity contribution < 1.29 is 13.5 Å². The number of rotatable bonds is 7. The molecule has 0 radical (unpaired) electrons. The maximum atomic E-state index is 12.1. The topological polar surface area (TPSA) is 92.0 Å². The van der Waals surface area contributed by atoms with Gasteiger partial charge in [-0.25, -0.2) is 9.50 Å². The standard InChI is InChI=1S/C30H33N5O3S/c1-39(36,37)26-4-2-3-23(15-26)27-17-33-35-18-24(16-32-28(27)35)22-5-7-25(8-6-22)38-30(9-10-30)21-34-13-11-29(12-14-34)19-31-20-29/h2-8,15-18,31H,9-14,19-21H2,1H3/p+1. The Morgan fingerprint density at radius 2 is 1.77 bits per heavy atom. The van der Waals surface area contributed by atoms with Gasteiger partial charge in [0.25, 0.3) is 0 Å². The second-order valence-corrected chi connectivity index (χ2v) is 13.8. The number of aromatic nitrogens is 3. The molecule has 2 aromatic carbocycles. The molecule has 1 atom stereocenters. The minimum Gasteiger partial charge on any atom is -0.486 e. The van der Waals surface area contributed by atoms with Crippen molar-refractivity contribution in [2.75, 3.05) is 39.0 Å². The fraction of sp³-hybridized carbons (Fsp3) is 0.400. The Hall–Kier alpha value is -3.11. The molecule has 4 heterocycles. The van der Waals surface area contributed by atoms with E-state index in [0.717, 1.165) is 47.4 Å². The Morgan fingerprint density at radius 1 is 1.00 bits per heavy atom. The number of benzene rings is 2. The molecule has 1 unspecified atom stereocenters. The third kappa shape index (κ3) is 4.89. The molecule has 2 aromatic heterocycles. The summed E-state index contributed by atoms with van der Waals surface area (Å²) in [6, 6.07) is 15.4. The minimum atomic E-state index is -3.05. The van der Waals surface area contributed by atoms with Crippen molar-refractivity contribution in [3.63, 3.8) is 0 Å². The molecule has 2 saturated heterocycles. The van der Waals surface area contributed by atoms with Crippen LogP contribution in [0.1, 0.15) is 25.7 Å². The van der Waals surface area contributed by atoms with E-state index in [1.54, 1.807) is 28.9 Å². The molecule has 0 bridgehead atoms. The van der Waals surface area contributed by atoms with E-state index in [-0.39, 0.29) is 5.60 Å². The van der Waals surface area contributed by atoms with Gasteiger partial charge in [-0.2, -0.15) is 9.65 Å². The predicted octanol–water partition coefficient (Wildman–Crippen LogP) is 4.62. The molecule has 202 valence electrons. The molecule has 3 aliphatic rings. The maximum Gasteiger partial charge on any atom is 0.244 e. The van der Waals surface area contributed by atoms with Crippen molar-refractivity contribution in [3.8, 4) is 28.0 Å². The molecular weight excluding hydrogens is 510 g/mol. The monoisotopic (exact) mass is 544 g/mol. The van der Waals surface area contributed by atoms with Crippen molar-refractivity contribution in [3.05, 3.63) is 67.1 Å². The summed E-state index contributed by atoms with van der Waals surface area (Å²) in [7, 11) is -3.05. The van der Waals surface area contributed by atoms with Crippen molar-refractivity contribution >= 4 is 15.9 Å². The van der Waals surface area contributed by atoms with E-state index in [9.17, 15) is 8.76 Å². The van der Waals surface area contributed by atoms with Crippen LogP contribution in [-0.4, -0.2) is 68.6 Å². The summed E-state index contributed by atoms with van der Waals surface area (Å²) in [5.41, 5.74) is 4.87. The minimum absolute atomic E-state index is 0.0336. The van der Waals surface area contributed by atoms with E-state index >= 15 is 0 Å². The molecule has 8 nitrogen and oxygen atoms in total. The lowest BCUT2D eigenvalue weighted by Crippen LogP contribution is -2.58. The van der Waals surface area contributed by atoms with Crippen LogP contribution in [0.4, 0.5) is 0 Å². The van der Waals surface area contributed by atoms with Gasteiger partial charge in [-0.3, -0.25) is 4.90 Å². The lowest BCUT2D eigenvalue weighted by Gasteiger charge is -2.48. The van der Waals surface area contributed by atoms with Crippen molar-refractivity contribution in [2.24, 2.45) is 5.41 Å². The van der Waals surface area contributed by atoms with Gasteiger partial charge in [-0.05, 0) is 73.5 Å². The first kappa shape index (κ1) is 24.9. The molecule has 1 aliphatic carbocycles. The zero-order valence-electron chi connectivity index (χ0n) is 22.2. The molecule has 1 spiro atoms. The highest BCUT2D eigenvalue weighted by atomic mass is 32.3. The quantitative estimate of drug-likeness (QED) is 0.328. The zero-order chi connectivity index (χ0) is 26.7. The number of ether oxygens (including phenoxy) is 1. The maximum absolute atomic E-state index is 12.1. The Balaban J connectivity index is 1.04. The van der Waals surface area contributed by atoms with Crippen LogP contribution in [0, 0.1) is 5.41 Å². The third-order valence-electron chi connectivity index (χ3n) is 8.70. The summed E-state index contributed by atoms with van der Waals surface area (Å²) < 4.78 is 30.3. The van der Waals surface area contributed by atoms with Crippen LogP contribution < -0.4 is 10.1 Å². The summed E-state index contributed by atoms with van der Waals surface area (Å²) in [6.07, 6.45) is 11.7. The van der Waals surface area contributed by atoms with Crippen molar-refractivity contribution in [2.45, 2.75) is 36.2 Å². The first-order chi connectivity index (χ1) is 18.8. The van der Waals surface area contributed by atoms with Gasteiger partial charge in [-0.15, -0.1) is 0 Å². The molecule has 7 rings (SSSR count). The smallest absolute Gasteiger partial charge is 0.244 e. The van der Waals surface area contributed by atoms with Crippen LogP contribution >= 0.6 is 0 Å². The van der Waals surface area contributed by atoms with Gasteiger partial charge >= 0.3 is 0 Å². The number of nitrogens with zero attached hydrogens (tertiary/aromatic N) is 4. The molecule has 2 aliphatic heterocycles. The highest BCUT2D eigenvalue weighted by Crippen LogP contribution is 2.43. The average molecular weight is 545 g/mol. The molecule has 2 N–H and O–H groups in total. The summed E-state index contributed by atoms with van der Waals surface area (Å²) in [5.74, 6) is 0.916. The highest BCUT2D eigenvalue weighted by Gasteiger charge is 2.48. The molecule has 0 amide bonds. The second kappa shape index (κ2) is 9.23. The Bertz CT molecular complexity index is 1560. The highest BCUT2D eigenvalue weighted by molar-refractivity contribution is 7.97. The number of hydrogen-bond acceptors (Lipinski definition) is 6. The van der Waals surface area contributed by atoms with Gasteiger partial charge < -0.3 is 10.1 Å². The van der Waals surface area contributed by atoms with Crippen LogP contribution in [0.15, 0.2) is 72.0 Å². The number of hydrogen-bond donors (Lipinski definition) is 2. The lowest BCUT2D eigenvalue weighted by atomic mass is 9.73. The van der Waals surface area contributed by atoms with E-state index in [1.165, 1.54) is 45.3 Å². The van der Waals surface area contributed by atoms with Gasteiger partial charge in [0, 0.05) is 49.2 Å². The van der Waals surface area contributed by atoms with Gasteiger partial charge in [0.1, 0.15) is 17.6 Å². The second-order valence-electron chi connectivity index (χ2n) is 11.7. The van der Waals surface area contributed by atoms with Crippen molar-refractivity contribution in [1.29, 1.82) is 0 Å². The van der Waals surface area contributed by atoms with E-state index < -0.39 is 10.2 Å². The number of piperidine rings is 1. The summed E-state index contributed by atoms with van der Waals surface area (Å²) in [5, 5.41) is 7.96. The van der Waals surface area contributed by atoms with E-state index in [4.69, 9.17) is 4.74 Å². The Kier molecular flexibility index (Phi) is 5.89. The fourth-order valence-corrected chi connectivity index (χ4v) is 6.63. The number of likely N-dealkylation sites (tertiary alicyclic amines) is 1. The van der Waals surface area contributed by atoms with Crippen LogP contribution in [0.25, 0.3) is 27.9 Å². The largest absolute Gasteiger partial charge is 0.486 e. The summed E-state index contributed by atoms with van der Waals surface area (Å²) >= 11 is 0. The zero-order valence-corrected chi connectivity index (χ0v) is 23.0. The van der Waals surface area contributed by atoms with Crippen molar-refractivity contribution in [1.82, 2.24) is 24.8 Å². The Labute approximate surface area is 229 Å². The molecular formula is C30H34N5O3S+. The fourth-order valence-electron chi connectivity index (χ4n) is 5.95.